The van der Waals surface area contributed by atoms with Crippen LogP contribution in [-0.4, -0.2) is 59.9 Å². The lowest BCUT2D eigenvalue weighted by Crippen LogP contribution is -2.51. The molecular weight excluding hydrogens is 370 g/mol. The van der Waals surface area contributed by atoms with Crippen LogP contribution in [0.1, 0.15) is 15.9 Å². The van der Waals surface area contributed by atoms with Crippen molar-refractivity contribution in [1.82, 2.24) is 14.4 Å². The number of rotatable bonds is 4. The Hall–Kier alpha value is -2.95. The minimum atomic E-state index is 0.0934. The Morgan fingerprint density at radius 3 is 2.47 bits per heavy atom. The number of ketones is 1. The van der Waals surface area contributed by atoms with Crippen molar-refractivity contribution in [1.29, 1.82) is 0 Å². The van der Waals surface area contributed by atoms with E-state index in [1.54, 1.807) is 0 Å². The van der Waals surface area contributed by atoms with E-state index in [1.807, 2.05) is 36.4 Å². The molecule has 0 aliphatic carbocycles. The number of para-hydroxylation sites is 1. The van der Waals surface area contributed by atoms with E-state index >= 15 is 0 Å². The number of likely N-dealkylation sites (N-methyl/N-ethyl adjacent to an activating group) is 2. The van der Waals surface area contributed by atoms with E-state index in [9.17, 15) is 4.79 Å². The van der Waals surface area contributed by atoms with Crippen LogP contribution in [0.15, 0.2) is 72.9 Å². The summed E-state index contributed by atoms with van der Waals surface area (Å²) >= 11 is 0. The number of carbonyl (C=O) groups is 1. The van der Waals surface area contributed by atoms with Crippen LogP contribution in [0, 0.1) is 0 Å². The first kappa shape index (κ1) is 19.0. The molecule has 4 nitrogen and oxygen atoms in total. The van der Waals surface area contributed by atoms with Gasteiger partial charge in [0.05, 0.1) is 0 Å². The number of benzene rings is 3. The predicted molar refractivity (Wildman–Crippen MR) is 123 cm³/mol. The number of piperazine rings is 1. The highest BCUT2D eigenvalue weighted by Gasteiger charge is 2.24. The molecule has 5 rings (SSSR count). The van der Waals surface area contributed by atoms with Crippen LogP contribution in [0.4, 0.5) is 0 Å². The van der Waals surface area contributed by atoms with Gasteiger partial charge in [-0.2, -0.15) is 0 Å². The van der Waals surface area contributed by atoms with Gasteiger partial charge in [-0.25, -0.2) is 0 Å². The lowest BCUT2D eigenvalue weighted by Gasteiger charge is -2.38. The number of nitrogens with zero attached hydrogens (tertiary/aromatic N) is 3. The lowest BCUT2D eigenvalue weighted by molar-refractivity contribution is 0.102. The fraction of sp³-hybridized carbons (Fsp3) is 0.269. The number of carbonyl (C=O) groups excluding carboxylic acids is 1. The zero-order valence-corrected chi connectivity index (χ0v) is 17.6. The zero-order valence-electron chi connectivity index (χ0n) is 17.6. The number of hydrogen-bond acceptors (Lipinski definition) is 3. The van der Waals surface area contributed by atoms with Crippen LogP contribution in [0.2, 0.25) is 0 Å². The molecule has 0 amide bonds. The van der Waals surface area contributed by atoms with Crippen LogP contribution < -0.4 is 0 Å². The van der Waals surface area contributed by atoms with Crippen molar-refractivity contribution in [3.8, 4) is 0 Å². The predicted octanol–water partition coefficient (Wildman–Crippen LogP) is 4.27. The van der Waals surface area contributed by atoms with Crippen molar-refractivity contribution >= 4 is 27.5 Å². The minimum Gasteiger partial charge on any atom is -0.345 e. The Morgan fingerprint density at radius 2 is 1.60 bits per heavy atom. The summed E-state index contributed by atoms with van der Waals surface area (Å²) < 4.78 is 2.27. The van der Waals surface area contributed by atoms with E-state index < -0.39 is 0 Å². The first-order valence-electron chi connectivity index (χ1n) is 10.6. The Balaban J connectivity index is 1.58. The van der Waals surface area contributed by atoms with E-state index in [4.69, 9.17) is 0 Å². The summed E-state index contributed by atoms with van der Waals surface area (Å²) in [5.41, 5.74) is 2.68. The van der Waals surface area contributed by atoms with Crippen LogP contribution in [0.5, 0.6) is 0 Å². The van der Waals surface area contributed by atoms with Gasteiger partial charge in [0.1, 0.15) is 0 Å². The van der Waals surface area contributed by atoms with E-state index in [0.717, 1.165) is 59.0 Å². The Labute approximate surface area is 177 Å². The van der Waals surface area contributed by atoms with Crippen LogP contribution in [0.3, 0.4) is 0 Å². The summed E-state index contributed by atoms with van der Waals surface area (Å²) in [6.07, 6.45) is 2.07. The summed E-state index contributed by atoms with van der Waals surface area (Å²) in [5.74, 6) is 0.0934. The molecule has 1 aliphatic heterocycles. The molecule has 3 aromatic carbocycles. The van der Waals surface area contributed by atoms with Crippen molar-refractivity contribution in [2.75, 3.05) is 33.7 Å². The molecule has 1 aliphatic rings. The second kappa shape index (κ2) is 7.71. The van der Waals surface area contributed by atoms with E-state index in [-0.39, 0.29) is 5.78 Å². The van der Waals surface area contributed by atoms with Crippen molar-refractivity contribution in [3.63, 3.8) is 0 Å². The highest BCUT2D eigenvalue weighted by Crippen LogP contribution is 2.28. The largest absolute Gasteiger partial charge is 0.345 e. The monoisotopic (exact) mass is 397 g/mol. The van der Waals surface area contributed by atoms with Crippen molar-refractivity contribution < 1.29 is 4.79 Å². The zero-order chi connectivity index (χ0) is 20.7. The van der Waals surface area contributed by atoms with Gasteiger partial charge in [0.2, 0.25) is 0 Å². The van der Waals surface area contributed by atoms with Gasteiger partial charge in [-0.3, -0.25) is 9.69 Å². The fourth-order valence-electron chi connectivity index (χ4n) is 4.67. The molecule has 2 heterocycles. The maximum Gasteiger partial charge on any atom is 0.195 e. The summed E-state index contributed by atoms with van der Waals surface area (Å²) in [5, 5.41) is 3.14. The SMILES string of the molecule is CN1CCN(C)[C@@H](Cn2cc(C(=O)c3cccc4ccccc34)c3ccccc32)C1. The van der Waals surface area contributed by atoms with Gasteiger partial charge < -0.3 is 9.47 Å². The molecule has 0 radical (unpaired) electrons. The average molecular weight is 398 g/mol. The van der Waals surface area contributed by atoms with Gasteiger partial charge in [-0.15, -0.1) is 0 Å². The maximum atomic E-state index is 13.7. The minimum absolute atomic E-state index is 0.0934. The summed E-state index contributed by atoms with van der Waals surface area (Å²) in [4.78, 5) is 18.5. The van der Waals surface area contributed by atoms with Crippen molar-refractivity contribution in [3.05, 3.63) is 84.1 Å². The second-order valence-electron chi connectivity index (χ2n) is 8.46. The number of aromatic nitrogens is 1. The van der Waals surface area contributed by atoms with Crippen LogP contribution >= 0.6 is 0 Å². The molecule has 0 bridgehead atoms. The number of hydrogen-bond donors (Lipinski definition) is 0. The molecule has 0 unspecified atom stereocenters. The van der Waals surface area contributed by atoms with Crippen molar-refractivity contribution in [2.45, 2.75) is 12.6 Å². The second-order valence-corrected chi connectivity index (χ2v) is 8.46. The van der Waals surface area contributed by atoms with Gasteiger partial charge in [0, 0.05) is 60.4 Å². The van der Waals surface area contributed by atoms with E-state index in [1.165, 1.54) is 0 Å². The molecule has 0 N–H and O–H groups in total. The molecule has 1 fully saturated rings. The maximum absolute atomic E-state index is 13.7. The molecule has 4 heteroatoms. The fourth-order valence-corrected chi connectivity index (χ4v) is 4.67. The van der Waals surface area contributed by atoms with E-state index in [0.29, 0.717) is 6.04 Å². The third kappa shape index (κ3) is 3.32. The summed E-state index contributed by atoms with van der Waals surface area (Å²) in [6.45, 7) is 4.09. The molecule has 4 aromatic rings. The molecule has 1 atom stereocenters. The topological polar surface area (TPSA) is 28.5 Å². The van der Waals surface area contributed by atoms with Crippen LogP contribution in [0.25, 0.3) is 21.7 Å². The summed E-state index contributed by atoms with van der Waals surface area (Å²) in [6, 6.07) is 22.8. The van der Waals surface area contributed by atoms with Gasteiger partial charge >= 0.3 is 0 Å². The van der Waals surface area contributed by atoms with Gasteiger partial charge in [0.25, 0.3) is 0 Å². The Morgan fingerprint density at radius 1 is 0.867 bits per heavy atom. The third-order valence-corrected chi connectivity index (χ3v) is 6.46. The molecule has 1 saturated heterocycles. The Bertz CT molecular complexity index is 1220. The quantitative estimate of drug-likeness (QED) is 0.482. The van der Waals surface area contributed by atoms with E-state index in [2.05, 4.69) is 65.0 Å². The molecule has 1 aromatic heterocycles. The van der Waals surface area contributed by atoms with Gasteiger partial charge in [-0.05, 0) is 30.9 Å². The highest BCUT2D eigenvalue weighted by molar-refractivity contribution is 6.21. The average Bonchev–Trinajstić information content (AvgIpc) is 3.14. The third-order valence-electron chi connectivity index (χ3n) is 6.46. The van der Waals surface area contributed by atoms with Crippen molar-refractivity contribution in [2.24, 2.45) is 0 Å². The first-order valence-corrected chi connectivity index (χ1v) is 10.6. The van der Waals surface area contributed by atoms with Gasteiger partial charge in [0.15, 0.2) is 5.78 Å². The van der Waals surface area contributed by atoms with Gasteiger partial charge in [-0.1, -0.05) is 60.7 Å². The normalized spacial score (nSPS) is 18.3. The molecule has 0 saturated carbocycles. The molecule has 30 heavy (non-hydrogen) atoms. The molecule has 152 valence electrons. The Kier molecular flexibility index (Phi) is 4.89. The molecule has 0 spiro atoms. The van der Waals surface area contributed by atoms with Crippen LogP contribution in [-0.2, 0) is 6.54 Å². The summed E-state index contributed by atoms with van der Waals surface area (Å²) in [7, 11) is 4.38. The first-order chi connectivity index (χ1) is 14.6. The standard InChI is InChI=1S/C26H27N3O/c1-27-14-15-28(2)20(16-27)17-29-18-24(22-11-5-6-13-25(22)29)26(30)23-12-7-9-19-8-3-4-10-21(19)23/h3-13,18,20H,14-17H2,1-2H3/t20-/m1/s1. The smallest absolute Gasteiger partial charge is 0.195 e. The highest BCUT2D eigenvalue weighted by atomic mass is 16.1. The number of fused-ring (bicyclic) bond motifs is 2. The lowest BCUT2D eigenvalue weighted by atomic mass is 9.97. The molecular formula is C26H27N3O.